The Balaban J connectivity index is 2.08. The lowest BCUT2D eigenvalue weighted by atomic mass is 9.83. The summed E-state index contributed by atoms with van der Waals surface area (Å²) in [7, 11) is 0. The minimum atomic E-state index is -0.399. The molecule has 3 fully saturated rings. The van der Waals surface area contributed by atoms with Gasteiger partial charge in [-0.25, -0.2) is 5.48 Å². The van der Waals surface area contributed by atoms with Crippen LogP contribution in [0.15, 0.2) is 11.6 Å². The number of carbonyl (C=O) groups excluding carboxylic acids is 1. The van der Waals surface area contributed by atoms with E-state index in [1.54, 1.807) is 5.48 Å². The van der Waals surface area contributed by atoms with Gasteiger partial charge >= 0.3 is 0 Å². The largest absolute Gasteiger partial charge is 0.299 e. The molecule has 2 N–H and O–H groups in total. The second-order valence-corrected chi connectivity index (χ2v) is 3.75. The number of amides is 1. The lowest BCUT2D eigenvalue weighted by Gasteiger charge is -2.40. The van der Waals surface area contributed by atoms with Crippen molar-refractivity contribution < 1.29 is 10.0 Å². The molecule has 72 valence electrons. The predicted octanol–water partition coefficient (Wildman–Crippen LogP) is 0.144. The maximum absolute atomic E-state index is 10.9. The molecule has 3 rings (SSSR count). The molecule has 4 heteroatoms. The van der Waals surface area contributed by atoms with E-state index in [0.717, 1.165) is 32.5 Å². The van der Waals surface area contributed by atoms with E-state index < -0.39 is 5.91 Å². The van der Waals surface area contributed by atoms with Gasteiger partial charge in [0.25, 0.3) is 5.91 Å². The molecule has 13 heavy (non-hydrogen) atoms. The van der Waals surface area contributed by atoms with Gasteiger partial charge in [-0.05, 0) is 37.4 Å². The molecule has 3 heterocycles. The number of hydrogen-bond donors (Lipinski definition) is 2. The van der Waals surface area contributed by atoms with Crippen molar-refractivity contribution >= 4 is 5.91 Å². The van der Waals surface area contributed by atoms with E-state index in [4.69, 9.17) is 5.21 Å². The molecule has 0 atom stereocenters. The molecule has 0 unspecified atom stereocenters. The fourth-order valence-electron chi connectivity index (χ4n) is 2.21. The quantitative estimate of drug-likeness (QED) is 0.344. The summed E-state index contributed by atoms with van der Waals surface area (Å²) in [5.74, 6) is 0.172. The molecule has 4 nitrogen and oxygen atoms in total. The zero-order chi connectivity index (χ0) is 9.26. The maximum atomic E-state index is 10.9. The first-order chi connectivity index (χ1) is 6.29. The lowest BCUT2D eigenvalue weighted by molar-refractivity contribution is -0.124. The summed E-state index contributed by atoms with van der Waals surface area (Å²) in [4.78, 5) is 13.2. The number of hydroxylamine groups is 1. The van der Waals surface area contributed by atoms with Gasteiger partial charge in [0.15, 0.2) is 0 Å². The summed E-state index contributed by atoms with van der Waals surface area (Å²) < 4.78 is 0. The van der Waals surface area contributed by atoms with Crippen molar-refractivity contribution in [3.05, 3.63) is 11.6 Å². The van der Waals surface area contributed by atoms with Crippen molar-refractivity contribution in [1.82, 2.24) is 10.4 Å². The van der Waals surface area contributed by atoms with Gasteiger partial charge < -0.3 is 0 Å². The minimum Gasteiger partial charge on any atom is -0.299 e. The van der Waals surface area contributed by atoms with Crippen LogP contribution in [0.25, 0.3) is 0 Å². The topological polar surface area (TPSA) is 52.6 Å². The highest BCUT2D eigenvalue weighted by Gasteiger charge is 2.29. The standard InChI is InChI=1S/C9H14N2O2/c12-9(10-13)5-8-6-11-3-1-7(8)2-4-11/h5,7,13H,1-4,6H2,(H,10,12)/b8-5-. The Kier molecular flexibility index (Phi) is 2.33. The lowest BCUT2D eigenvalue weighted by Crippen LogP contribution is -2.43. The van der Waals surface area contributed by atoms with E-state index >= 15 is 0 Å². The van der Waals surface area contributed by atoms with Gasteiger partial charge in [0, 0.05) is 12.6 Å². The molecule has 0 aliphatic carbocycles. The fourth-order valence-corrected chi connectivity index (χ4v) is 2.21. The Morgan fingerprint density at radius 1 is 1.54 bits per heavy atom. The van der Waals surface area contributed by atoms with Crippen LogP contribution < -0.4 is 5.48 Å². The van der Waals surface area contributed by atoms with Crippen molar-refractivity contribution in [1.29, 1.82) is 0 Å². The Hall–Kier alpha value is -0.870. The van der Waals surface area contributed by atoms with E-state index in [0.29, 0.717) is 5.92 Å². The first kappa shape index (κ1) is 8.72. The van der Waals surface area contributed by atoms with Gasteiger partial charge in [0.2, 0.25) is 0 Å². The molecule has 0 aromatic rings. The summed E-state index contributed by atoms with van der Waals surface area (Å²) in [5.41, 5.74) is 2.81. The smallest absolute Gasteiger partial charge is 0.267 e. The fraction of sp³-hybridized carbons (Fsp3) is 0.667. The van der Waals surface area contributed by atoms with Crippen LogP contribution in [0.1, 0.15) is 12.8 Å². The second-order valence-electron chi connectivity index (χ2n) is 3.75. The van der Waals surface area contributed by atoms with Gasteiger partial charge in [-0.3, -0.25) is 14.9 Å². The summed E-state index contributed by atoms with van der Waals surface area (Å²) in [5, 5.41) is 8.38. The Labute approximate surface area is 77.2 Å². The van der Waals surface area contributed by atoms with Gasteiger partial charge in [0.05, 0.1) is 0 Å². The van der Waals surface area contributed by atoms with Crippen LogP contribution in [0, 0.1) is 5.92 Å². The number of nitrogens with one attached hydrogen (secondary N) is 1. The number of carbonyl (C=O) groups is 1. The Morgan fingerprint density at radius 2 is 2.23 bits per heavy atom. The number of nitrogens with zero attached hydrogens (tertiary/aromatic N) is 1. The molecule has 0 aromatic carbocycles. The third-order valence-corrected chi connectivity index (χ3v) is 2.94. The van der Waals surface area contributed by atoms with Gasteiger partial charge in [-0.2, -0.15) is 0 Å². The highest BCUT2D eigenvalue weighted by atomic mass is 16.5. The van der Waals surface area contributed by atoms with E-state index in [1.165, 1.54) is 11.6 Å². The minimum absolute atomic E-state index is 0.399. The van der Waals surface area contributed by atoms with Crippen molar-refractivity contribution in [3.8, 4) is 0 Å². The summed E-state index contributed by atoms with van der Waals surface area (Å²) in [6.45, 7) is 3.21. The third-order valence-electron chi connectivity index (χ3n) is 2.94. The van der Waals surface area contributed by atoms with E-state index in [9.17, 15) is 4.79 Å². The maximum Gasteiger partial charge on any atom is 0.267 e. The molecule has 1 amide bonds. The van der Waals surface area contributed by atoms with Crippen molar-refractivity contribution in [2.45, 2.75) is 12.8 Å². The average Bonchev–Trinajstić information content (AvgIpc) is 2.19. The molecule has 3 saturated heterocycles. The van der Waals surface area contributed by atoms with Crippen LogP contribution in [0.4, 0.5) is 0 Å². The van der Waals surface area contributed by atoms with Gasteiger partial charge in [-0.1, -0.05) is 0 Å². The van der Waals surface area contributed by atoms with Crippen LogP contribution in [0.5, 0.6) is 0 Å². The molecule has 3 aliphatic rings. The van der Waals surface area contributed by atoms with E-state index in [1.807, 2.05) is 0 Å². The van der Waals surface area contributed by atoms with E-state index in [-0.39, 0.29) is 0 Å². The van der Waals surface area contributed by atoms with Crippen molar-refractivity contribution in [2.24, 2.45) is 5.92 Å². The first-order valence-electron chi connectivity index (χ1n) is 4.66. The monoisotopic (exact) mass is 182 g/mol. The molecule has 3 aliphatic heterocycles. The number of rotatable bonds is 1. The molecule has 0 saturated carbocycles. The summed E-state index contributed by atoms with van der Waals surface area (Å²) in [6.07, 6.45) is 3.85. The molecule has 0 radical (unpaired) electrons. The van der Waals surface area contributed by atoms with Crippen LogP contribution in [0.2, 0.25) is 0 Å². The number of fused-ring (bicyclic) bond motifs is 3. The molecule has 0 spiro atoms. The van der Waals surface area contributed by atoms with Gasteiger partial charge in [-0.15, -0.1) is 0 Å². The molecule has 2 bridgehead atoms. The number of piperidine rings is 3. The zero-order valence-electron chi connectivity index (χ0n) is 7.49. The second kappa shape index (κ2) is 3.47. The highest BCUT2D eigenvalue weighted by Crippen LogP contribution is 2.31. The number of hydrogen-bond acceptors (Lipinski definition) is 3. The average molecular weight is 182 g/mol. The highest BCUT2D eigenvalue weighted by molar-refractivity contribution is 5.87. The Morgan fingerprint density at radius 3 is 2.69 bits per heavy atom. The third kappa shape index (κ3) is 1.73. The van der Waals surface area contributed by atoms with Crippen LogP contribution >= 0.6 is 0 Å². The molecular weight excluding hydrogens is 168 g/mol. The summed E-state index contributed by atoms with van der Waals surface area (Å²) >= 11 is 0. The summed E-state index contributed by atoms with van der Waals surface area (Å²) in [6, 6.07) is 0. The van der Waals surface area contributed by atoms with Gasteiger partial charge in [0.1, 0.15) is 0 Å². The molecule has 0 aromatic heterocycles. The predicted molar refractivity (Wildman–Crippen MR) is 47.2 cm³/mol. The Bertz CT molecular complexity index is 242. The zero-order valence-corrected chi connectivity index (χ0v) is 7.49. The first-order valence-corrected chi connectivity index (χ1v) is 4.66. The van der Waals surface area contributed by atoms with Crippen LogP contribution in [0.3, 0.4) is 0 Å². The normalized spacial score (nSPS) is 35.0. The SMILES string of the molecule is O=C(/C=C1/CN2CCC1CC2)NO. The van der Waals surface area contributed by atoms with Crippen molar-refractivity contribution in [3.63, 3.8) is 0 Å². The van der Waals surface area contributed by atoms with E-state index in [2.05, 4.69) is 4.90 Å². The van der Waals surface area contributed by atoms with Crippen molar-refractivity contribution in [2.75, 3.05) is 19.6 Å². The van der Waals surface area contributed by atoms with Crippen LogP contribution in [-0.2, 0) is 4.79 Å². The molecular formula is C9H14N2O2. The van der Waals surface area contributed by atoms with Crippen LogP contribution in [-0.4, -0.2) is 35.6 Å².